The molecule has 2 N–H and O–H groups in total. The number of hydrogen-bond donors (Lipinski definition) is 2. The molecule has 0 spiro atoms. The van der Waals surface area contributed by atoms with Gasteiger partial charge < -0.3 is 28.5 Å². The Morgan fingerprint density at radius 3 is 2.19 bits per heavy atom. The van der Waals surface area contributed by atoms with E-state index in [4.69, 9.17) is 18.3 Å². The van der Waals surface area contributed by atoms with Crippen molar-refractivity contribution in [3.63, 3.8) is 0 Å². The van der Waals surface area contributed by atoms with E-state index in [1.165, 1.54) is 0 Å². The smallest absolute Gasteiger partial charge is 0.279 e. The third-order valence-corrected chi connectivity index (χ3v) is 4.10. The van der Waals surface area contributed by atoms with E-state index in [0.29, 0.717) is 30.3 Å². The Balaban J connectivity index is 1.70. The average molecular weight is 371 g/mol. The van der Waals surface area contributed by atoms with Crippen LogP contribution in [0, 0.1) is 0 Å². The van der Waals surface area contributed by atoms with Gasteiger partial charge in [-0.25, -0.2) is 0 Å². The maximum atomic E-state index is 12.7. The standard InChI is InChI=1S/C20H22N2O5/c1-24-15-7-8-19(25-2)18(11-15)21-20(23)14-22(12-16-5-3-9-26-16)13-17-6-4-10-27-17/h3-11H,12-14H2,1-2H3,(H,21,23)/p+1. The molecule has 0 saturated heterocycles. The van der Waals surface area contributed by atoms with Crippen LogP contribution in [0.15, 0.2) is 63.8 Å². The summed E-state index contributed by atoms with van der Waals surface area (Å²) in [6.07, 6.45) is 3.25. The Hall–Kier alpha value is -3.19. The highest BCUT2D eigenvalue weighted by Crippen LogP contribution is 2.28. The van der Waals surface area contributed by atoms with E-state index in [9.17, 15) is 4.79 Å². The van der Waals surface area contributed by atoms with Gasteiger partial charge in [-0.15, -0.1) is 0 Å². The zero-order valence-corrected chi connectivity index (χ0v) is 15.4. The Bertz CT molecular complexity index is 807. The highest BCUT2D eigenvalue weighted by atomic mass is 16.5. The van der Waals surface area contributed by atoms with E-state index in [1.807, 2.05) is 24.3 Å². The molecule has 1 aromatic carbocycles. The minimum atomic E-state index is -0.144. The normalized spacial score (nSPS) is 10.8. The summed E-state index contributed by atoms with van der Waals surface area (Å²) in [6.45, 7) is 1.37. The molecule has 2 heterocycles. The van der Waals surface area contributed by atoms with Crippen LogP contribution in [0.5, 0.6) is 11.5 Å². The van der Waals surface area contributed by atoms with Gasteiger partial charge in [0.05, 0.1) is 32.4 Å². The van der Waals surface area contributed by atoms with Gasteiger partial charge in [0.2, 0.25) is 0 Å². The van der Waals surface area contributed by atoms with E-state index in [2.05, 4.69) is 5.32 Å². The lowest BCUT2D eigenvalue weighted by Crippen LogP contribution is -3.10. The van der Waals surface area contributed by atoms with Crippen molar-refractivity contribution in [2.75, 3.05) is 26.1 Å². The number of ether oxygens (including phenoxy) is 2. The summed E-state index contributed by atoms with van der Waals surface area (Å²) in [7, 11) is 3.13. The molecule has 0 saturated carbocycles. The lowest BCUT2D eigenvalue weighted by atomic mass is 10.2. The summed E-state index contributed by atoms with van der Waals surface area (Å²) in [5.74, 6) is 2.69. The minimum Gasteiger partial charge on any atom is -0.497 e. The molecule has 27 heavy (non-hydrogen) atoms. The number of carbonyl (C=O) groups is 1. The van der Waals surface area contributed by atoms with Crippen LogP contribution in [0.3, 0.4) is 0 Å². The summed E-state index contributed by atoms with van der Waals surface area (Å²) >= 11 is 0. The number of methoxy groups -OCH3 is 2. The monoisotopic (exact) mass is 371 g/mol. The molecule has 0 radical (unpaired) electrons. The first-order valence-corrected chi connectivity index (χ1v) is 8.58. The fraction of sp³-hybridized carbons (Fsp3) is 0.250. The van der Waals surface area contributed by atoms with Crippen molar-refractivity contribution < 1.29 is 28.0 Å². The number of benzene rings is 1. The summed E-state index contributed by atoms with van der Waals surface area (Å²) in [5, 5.41) is 2.90. The SMILES string of the molecule is COc1ccc(OC)c(NC(=O)C[NH+](Cc2ccco2)Cc2ccco2)c1. The first kappa shape index (κ1) is 18.6. The van der Waals surface area contributed by atoms with Crippen LogP contribution in [0.2, 0.25) is 0 Å². The number of amides is 1. The molecule has 1 amide bonds. The van der Waals surface area contributed by atoms with Crippen LogP contribution in [0.25, 0.3) is 0 Å². The van der Waals surface area contributed by atoms with E-state index >= 15 is 0 Å². The molecule has 0 fully saturated rings. The van der Waals surface area contributed by atoms with Gasteiger partial charge in [-0.1, -0.05) is 0 Å². The molecule has 142 valence electrons. The maximum Gasteiger partial charge on any atom is 0.279 e. The molecular weight excluding hydrogens is 348 g/mol. The van der Waals surface area contributed by atoms with E-state index in [1.54, 1.807) is 44.9 Å². The number of rotatable bonds is 9. The van der Waals surface area contributed by atoms with Gasteiger partial charge in [0, 0.05) is 6.07 Å². The van der Waals surface area contributed by atoms with Crippen molar-refractivity contribution in [3.05, 3.63) is 66.5 Å². The number of furan rings is 2. The van der Waals surface area contributed by atoms with Crippen LogP contribution in [0.1, 0.15) is 11.5 Å². The predicted molar refractivity (Wildman–Crippen MR) is 98.8 cm³/mol. The minimum absolute atomic E-state index is 0.144. The second-order valence-electron chi connectivity index (χ2n) is 6.05. The summed E-state index contributed by atoms with van der Waals surface area (Å²) in [4.78, 5) is 13.6. The van der Waals surface area contributed by atoms with E-state index in [0.717, 1.165) is 16.4 Å². The molecule has 2 aromatic heterocycles. The van der Waals surface area contributed by atoms with E-state index in [-0.39, 0.29) is 12.5 Å². The highest BCUT2D eigenvalue weighted by molar-refractivity contribution is 5.93. The van der Waals surface area contributed by atoms with Crippen molar-refractivity contribution in [1.29, 1.82) is 0 Å². The summed E-state index contributed by atoms with van der Waals surface area (Å²) < 4.78 is 21.4. The van der Waals surface area contributed by atoms with Gasteiger partial charge in [0.1, 0.15) is 24.6 Å². The lowest BCUT2D eigenvalue weighted by molar-refractivity contribution is -0.921. The molecule has 3 rings (SSSR count). The van der Waals surface area contributed by atoms with Crippen LogP contribution >= 0.6 is 0 Å². The average Bonchev–Trinajstić information content (AvgIpc) is 3.35. The topological polar surface area (TPSA) is 78.3 Å². The quantitative estimate of drug-likeness (QED) is 0.602. The fourth-order valence-corrected chi connectivity index (χ4v) is 2.84. The van der Waals surface area contributed by atoms with Crippen LogP contribution in [0.4, 0.5) is 5.69 Å². The predicted octanol–water partition coefficient (Wildman–Crippen LogP) is 2.11. The number of hydrogen-bond acceptors (Lipinski definition) is 5. The van der Waals surface area contributed by atoms with Gasteiger partial charge in [-0.3, -0.25) is 4.79 Å². The molecule has 0 unspecified atom stereocenters. The van der Waals surface area contributed by atoms with Crippen molar-refractivity contribution in [2.24, 2.45) is 0 Å². The molecule has 7 nitrogen and oxygen atoms in total. The largest absolute Gasteiger partial charge is 0.497 e. The molecule has 0 aliphatic heterocycles. The summed E-state index contributed by atoms with van der Waals surface area (Å²) in [6, 6.07) is 12.7. The Morgan fingerprint density at radius 2 is 1.67 bits per heavy atom. The molecule has 0 bridgehead atoms. The number of nitrogens with one attached hydrogen (secondary N) is 2. The molecular formula is C20H23N2O5+. The Morgan fingerprint density at radius 1 is 1.00 bits per heavy atom. The third-order valence-electron chi connectivity index (χ3n) is 4.10. The zero-order chi connectivity index (χ0) is 19.1. The van der Waals surface area contributed by atoms with Crippen LogP contribution in [-0.2, 0) is 17.9 Å². The molecule has 0 aliphatic carbocycles. The van der Waals surface area contributed by atoms with Crippen molar-refractivity contribution in [2.45, 2.75) is 13.1 Å². The van der Waals surface area contributed by atoms with Crippen LogP contribution in [-0.4, -0.2) is 26.7 Å². The molecule has 7 heteroatoms. The van der Waals surface area contributed by atoms with E-state index < -0.39 is 0 Å². The number of quaternary nitrogens is 1. The van der Waals surface area contributed by atoms with Crippen LogP contribution < -0.4 is 19.7 Å². The third kappa shape index (κ3) is 5.15. The molecule has 0 aliphatic rings. The second-order valence-corrected chi connectivity index (χ2v) is 6.05. The molecule has 0 atom stereocenters. The first-order valence-electron chi connectivity index (χ1n) is 8.58. The van der Waals surface area contributed by atoms with Gasteiger partial charge in [0.15, 0.2) is 18.1 Å². The van der Waals surface area contributed by atoms with Gasteiger partial charge >= 0.3 is 0 Å². The highest BCUT2D eigenvalue weighted by Gasteiger charge is 2.19. The Kier molecular flexibility index (Phi) is 6.17. The fourth-order valence-electron chi connectivity index (χ4n) is 2.84. The lowest BCUT2D eigenvalue weighted by Gasteiger charge is -2.18. The second kappa shape index (κ2) is 8.95. The zero-order valence-electron chi connectivity index (χ0n) is 15.4. The molecule has 3 aromatic rings. The van der Waals surface area contributed by atoms with Gasteiger partial charge in [-0.2, -0.15) is 0 Å². The van der Waals surface area contributed by atoms with Crippen molar-refractivity contribution >= 4 is 11.6 Å². The number of anilines is 1. The summed E-state index contributed by atoms with van der Waals surface area (Å²) in [5.41, 5.74) is 0.567. The Labute approximate surface area is 157 Å². The van der Waals surface area contributed by atoms with Crippen molar-refractivity contribution in [1.82, 2.24) is 0 Å². The maximum absolute atomic E-state index is 12.7. The van der Waals surface area contributed by atoms with Gasteiger partial charge in [0.25, 0.3) is 5.91 Å². The number of carbonyl (C=O) groups excluding carboxylic acids is 1. The van der Waals surface area contributed by atoms with Gasteiger partial charge in [-0.05, 0) is 36.4 Å². The van der Waals surface area contributed by atoms with Crippen molar-refractivity contribution in [3.8, 4) is 11.5 Å². The first-order chi connectivity index (χ1) is 13.2.